The molecule has 0 saturated carbocycles. The van der Waals surface area contributed by atoms with E-state index in [2.05, 4.69) is 47.6 Å². The first kappa shape index (κ1) is 22.3. The fourth-order valence-corrected chi connectivity index (χ4v) is 3.94. The van der Waals surface area contributed by atoms with E-state index in [1.54, 1.807) is 0 Å². The second-order valence-corrected chi connectivity index (χ2v) is 7.22. The number of hydrogen-bond acceptors (Lipinski definition) is 3. The number of fused-ring (bicyclic) bond motifs is 1. The molecule has 3 rings (SSSR count). The summed E-state index contributed by atoms with van der Waals surface area (Å²) in [6.07, 6.45) is 5.98. The number of aliphatic imine (C=N–C) groups is 1. The van der Waals surface area contributed by atoms with E-state index in [-0.39, 0.29) is 24.0 Å². The summed E-state index contributed by atoms with van der Waals surface area (Å²) < 4.78 is 5.59. The van der Waals surface area contributed by atoms with Crippen molar-refractivity contribution in [3.05, 3.63) is 29.3 Å². The number of halogens is 1. The molecule has 2 aliphatic heterocycles. The quantitative estimate of drug-likeness (QED) is 0.353. The molecular formula is C21H35IN4O. The molecule has 2 heterocycles. The van der Waals surface area contributed by atoms with E-state index in [1.807, 2.05) is 0 Å². The number of piperidine rings is 1. The fourth-order valence-electron chi connectivity index (χ4n) is 3.94. The Bertz CT molecular complexity index is 608. The van der Waals surface area contributed by atoms with Crippen LogP contribution in [0.15, 0.2) is 23.2 Å². The van der Waals surface area contributed by atoms with Crippen LogP contribution in [0.25, 0.3) is 0 Å². The highest BCUT2D eigenvalue weighted by molar-refractivity contribution is 14.0. The summed E-state index contributed by atoms with van der Waals surface area (Å²) in [6, 6.07) is 7.17. The number of nitrogens with zero attached hydrogens (tertiary/aromatic N) is 2. The summed E-state index contributed by atoms with van der Waals surface area (Å²) >= 11 is 0. The number of benzene rings is 1. The molecule has 0 amide bonds. The smallest absolute Gasteiger partial charge is 0.191 e. The van der Waals surface area contributed by atoms with E-state index in [9.17, 15) is 0 Å². The third kappa shape index (κ3) is 6.52. The van der Waals surface area contributed by atoms with Gasteiger partial charge in [-0.25, -0.2) is 0 Å². The first-order valence-electron chi connectivity index (χ1n) is 10.3. The van der Waals surface area contributed by atoms with E-state index >= 15 is 0 Å². The molecule has 2 aliphatic rings. The normalized spacial score (nSPS) is 19.8. The van der Waals surface area contributed by atoms with Gasteiger partial charge in [0.1, 0.15) is 5.75 Å². The lowest BCUT2D eigenvalue weighted by Gasteiger charge is -2.33. The first-order chi connectivity index (χ1) is 12.8. The van der Waals surface area contributed by atoms with Gasteiger partial charge in [0.2, 0.25) is 0 Å². The van der Waals surface area contributed by atoms with Crippen LogP contribution in [-0.4, -0.2) is 56.2 Å². The van der Waals surface area contributed by atoms with Gasteiger partial charge in [0, 0.05) is 25.6 Å². The van der Waals surface area contributed by atoms with Gasteiger partial charge in [-0.2, -0.15) is 0 Å². The van der Waals surface area contributed by atoms with Gasteiger partial charge >= 0.3 is 0 Å². The van der Waals surface area contributed by atoms with Crippen LogP contribution in [0.1, 0.15) is 44.2 Å². The van der Waals surface area contributed by atoms with Crippen molar-refractivity contribution in [1.82, 2.24) is 15.5 Å². The van der Waals surface area contributed by atoms with Gasteiger partial charge in [0.15, 0.2) is 5.96 Å². The molecule has 2 N–H and O–H groups in total. The van der Waals surface area contributed by atoms with Gasteiger partial charge in [0.05, 0.1) is 13.2 Å². The van der Waals surface area contributed by atoms with Crippen molar-refractivity contribution in [2.24, 2.45) is 4.99 Å². The summed E-state index contributed by atoms with van der Waals surface area (Å²) in [6.45, 7) is 10.2. The minimum atomic E-state index is 0. The Morgan fingerprint density at radius 2 is 2.15 bits per heavy atom. The molecule has 1 fully saturated rings. The van der Waals surface area contributed by atoms with E-state index in [0.717, 1.165) is 57.3 Å². The van der Waals surface area contributed by atoms with Crippen molar-refractivity contribution in [3.8, 4) is 5.75 Å². The van der Waals surface area contributed by atoms with Crippen molar-refractivity contribution in [3.63, 3.8) is 0 Å². The zero-order valence-electron chi connectivity index (χ0n) is 16.8. The molecule has 0 bridgehead atoms. The van der Waals surface area contributed by atoms with Crippen molar-refractivity contribution in [2.75, 3.05) is 39.3 Å². The van der Waals surface area contributed by atoms with Crippen molar-refractivity contribution >= 4 is 29.9 Å². The van der Waals surface area contributed by atoms with Gasteiger partial charge in [0.25, 0.3) is 0 Å². The molecule has 6 heteroatoms. The molecule has 152 valence electrons. The second-order valence-electron chi connectivity index (χ2n) is 7.22. The number of nitrogens with one attached hydrogen (secondary N) is 2. The lowest BCUT2D eigenvalue weighted by Crippen LogP contribution is -2.43. The number of likely N-dealkylation sites (tertiary alicyclic amines) is 1. The largest absolute Gasteiger partial charge is 0.493 e. The van der Waals surface area contributed by atoms with E-state index in [4.69, 9.17) is 9.73 Å². The van der Waals surface area contributed by atoms with Gasteiger partial charge in [-0.15, -0.1) is 24.0 Å². The van der Waals surface area contributed by atoms with Gasteiger partial charge in [-0.3, -0.25) is 9.89 Å². The topological polar surface area (TPSA) is 48.9 Å². The summed E-state index contributed by atoms with van der Waals surface area (Å²) in [5.41, 5.74) is 2.71. The average Bonchev–Trinajstić information content (AvgIpc) is 3.14. The van der Waals surface area contributed by atoms with E-state index in [0.29, 0.717) is 6.04 Å². The predicted molar refractivity (Wildman–Crippen MR) is 124 cm³/mol. The lowest BCUT2D eigenvalue weighted by atomic mass is 10.0. The second kappa shape index (κ2) is 11.7. The zero-order valence-corrected chi connectivity index (χ0v) is 19.1. The highest BCUT2D eigenvalue weighted by Crippen LogP contribution is 2.25. The third-order valence-corrected chi connectivity index (χ3v) is 5.42. The molecule has 1 aromatic carbocycles. The molecule has 0 radical (unpaired) electrons. The standard InChI is InChI=1S/C21H34N4O.HI/c1-3-22-21(24-16-19-7-5-6-13-25(19)4-2)23-12-10-17-8-9-20-18(15-17)11-14-26-20;/h8-9,15,19H,3-7,10-14,16H2,1-2H3,(H2,22,23,24);1H. The van der Waals surface area contributed by atoms with Crippen LogP contribution >= 0.6 is 24.0 Å². The maximum atomic E-state index is 5.59. The predicted octanol–water partition coefficient (Wildman–Crippen LogP) is 3.21. The zero-order chi connectivity index (χ0) is 18.2. The first-order valence-corrected chi connectivity index (χ1v) is 10.3. The maximum absolute atomic E-state index is 5.59. The molecule has 1 atom stereocenters. The summed E-state index contributed by atoms with van der Waals surface area (Å²) in [7, 11) is 0. The average molecular weight is 486 g/mol. The Morgan fingerprint density at radius 3 is 2.96 bits per heavy atom. The van der Waals surface area contributed by atoms with E-state index in [1.165, 1.54) is 36.9 Å². The molecule has 1 saturated heterocycles. The molecule has 5 nitrogen and oxygen atoms in total. The Labute approximate surface area is 181 Å². The Balaban J connectivity index is 0.00000261. The summed E-state index contributed by atoms with van der Waals surface area (Å²) in [4.78, 5) is 7.43. The Morgan fingerprint density at radius 1 is 1.26 bits per heavy atom. The summed E-state index contributed by atoms with van der Waals surface area (Å²) in [5, 5.41) is 6.88. The summed E-state index contributed by atoms with van der Waals surface area (Å²) in [5.74, 6) is 2.00. The van der Waals surface area contributed by atoms with Gasteiger partial charge in [-0.05, 0) is 56.5 Å². The van der Waals surface area contributed by atoms with Crippen molar-refractivity contribution in [2.45, 2.75) is 52.0 Å². The van der Waals surface area contributed by atoms with Crippen LogP contribution in [0, 0.1) is 0 Å². The van der Waals surface area contributed by atoms with Crippen LogP contribution in [0.4, 0.5) is 0 Å². The van der Waals surface area contributed by atoms with Crippen molar-refractivity contribution in [1.29, 1.82) is 0 Å². The molecule has 1 unspecified atom stereocenters. The monoisotopic (exact) mass is 486 g/mol. The lowest BCUT2D eigenvalue weighted by molar-refractivity contribution is 0.161. The number of guanidine groups is 1. The number of rotatable bonds is 7. The fraction of sp³-hybridized carbons (Fsp3) is 0.667. The third-order valence-electron chi connectivity index (χ3n) is 5.42. The molecule has 27 heavy (non-hydrogen) atoms. The van der Waals surface area contributed by atoms with Crippen LogP contribution in [-0.2, 0) is 12.8 Å². The van der Waals surface area contributed by atoms with Crippen LogP contribution in [0.2, 0.25) is 0 Å². The molecule has 0 aromatic heterocycles. The molecule has 0 aliphatic carbocycles. The minimum absolute atomic E-state index is 0. The molecule has 0 spiro atoms. The van der Waals surface area contributed by atoms with E-state index < -0.39 is 0 Å². The highest BCUT2D eigenvalue weighted by atomic mass is 127. The Kier molecular flexibility index (Phi) is 9.68. The van der Waals surface area contributed by atoms with Crippen LogP contribution < -0.4 is 15.4 Å². The van der Waals surface area contributed by atoms with Crippen LogP contribution in [0.3, 0.4) is 0 Å². The SMILES string of the molecule is CCNC(=NCC1CCCCN1CC)NCCc1ccc2c(c1)CCO2.I. The van der Waals surface area contributed by atoms with Crippen molar-refractivity contribution < 1.29 is 4.74 Å². The van der Waals surface area contributed by atoms with Crippen LogP contribution in [0.5, 0.6) is 5.75 Å². The maximum Gasteiger partial charge on any atom is 0.191 e. The number of likely N-dealkylation sites (N-methyl/N-ethyl adjacent to an activating group) is 1. The molecule has 1 aromatic rings. The molecular weight excluding hydrogens is 451 g/mol. The number of ether oxygens (including phenoxy) is 1. The number of hydrogen-bond donors (Lipinski definition) is 2. The van der Waals surface area contributed by atoms with Gasteiger partial charge in [-0.1, -0.05) is 25.5 Å². The van der Waals surface area contributed by atoms with Gasteiger partial charge < -0.3 is 15.4 Å². The minimum Gasteiger partial charge on any atom is -0.493 e. The highest BCUT2D eigenvalue weighted by Gasteiger charge is 2.20. The Hall–Kier alpha value is -1.02.